The quantitative estimate of drug-likeness (QED) is 0.449. The molecule has 5 rings (SSSR count). The highest BCUT2D eigenvalue weighted by Crippen LogP contribution is 2.56. The van der Waals surface area contributed by atoms with Crippen LogP contribution >= 0.6 is 15.9 Å². The van der Waals surface area contributed by atoms with Gasteiger partial charge in [0.15, 0.2) is 11.2 Å². The summed E-state index contributed by atoms with van der Waals surface area (Å²) in [5, 5.41) is 21.0. The Kier molecular flexibility index (Phi) is 4.93. The Bertz CT molecular complexity index is 1300. The van der Waals surface area contributed by atoms with E-state index in [9.17, 15) is 15.3 Å². The van der Waals surface area contributed by atoms with Crippen LogP contribution in [0.5, 0.6) is 0 Å². The minimum absolute atomic E-state index is 0.266. The summed E-state index contributed by atoms with van der Waals surface area (Å²) in [7, 11) is 0. The van der Waals surface area contributed by atoms with Gasteiger partial charge in [0, 0.05) is 21.6 Å². The third-order valence-electron chi connectivity index (χ3n) is 6.50. The number of para-hydroxylation sites is 1. The number of nitriles is 2. The van der Waals surface area contributed by atoms with Crippen LogP contribution in [0.4, 0.5) is 5.69 Å². The molecule has 0 spiro atoms. The molecule has 4 nitrogen and oxygen atoms in total. The number of nitrogens with zero attached hydrogens (tertiary/aromatic N) is 3. The van der Waals surface area contributed by atoms with Gasteiger partial charge in [0.25, 0.3) is 0 Å². The van der Waals surface area contributed by atoms with Gasteiger partial charge >= 0.3 is 0 Å². The van der Waals surface area contributed by atoms with Crippen LogP contribution in [0.3, 0.4) is 0 Å². The maximum absolute atomic E-state index is 14.1. The molecule has 154 valence electrons. The van der Waals surface area contributed by atoms with Crippen molar-refractivity contribution in [3.63, 3.8) is 0 Å². The Morgan fingerprint density at radius 3 is 2.31 bits per heavy atom. The molecule has 5 heteroatoms. The van der Waals surface area contributed by atoms with E-state index in [2.05, 4.69) is 28.1 Å². The monoisotopic (exact) mass is 479 g/mol. The van der Waals surface area contributed by atoms with E-state index in [0.717, 1.165) is 21.3 Å². The highest BCUT2D eigenvalue weighted by atomic mass is 79.9. The molecule has 32 heavy (non-hydrogen) atoms. The average Bonchev–Trinajstić information content (AvgIpc) is 3.15. The molecular weight excluding hydrogens is 462 g/mol. The summed E-state index contributed by atoms with van der Waals surface area (Å²) in [4.78, 5) is 16.1. The van der Waals surface area contributed by atoms with Crippen molar-refractivity contribution in [1.29, 1.82) is 10.5 Å². The molecule has 4 atom stereocenters. The Hall–Kier alpha value is -3.67. The van der Waals surface area contributed by atoms with Gasteiger partial charge in [-0.25, -0.2) is 0 Å². The summed E-state index contributed by atoms with van der Waals surface area (Å²) in [5.74, 6) is -0.881. The van der Waals surface area contributed by atoms with Crippen LogP contribution in [-0.2, 0) is 0 Å². The second kappa shape index (κ2) is 7.79. The van der Waals surface area contributed by atoms with E-state index < -0.39 is 23.4 Å². The van der Waals surface area contributed by atoms with Crippen molar-refractivity contribution in [2.24, 2.45) is 5.41 Å². The predicted octanol–water partition coefficient (Wildman–Crippen LogP) is 5.73. The highest BCUT2D eigenvalue weighted by molar-refractivity contribution is 9.10. The van der Waals surface area contributed by atoms with Gasteiger partial charge in [-0.1, -0.05) is 88.7 Å². The summed E-state index contributed by atoms with van der Waals surface area (Å²) >= 11 is 3.41. The Morgan fingerprint density at radius 1 is 0.938 bits per heavy atom. The van der Waals surface area contributed by atoms with Crippen molar-refractivity contribution >= 4 is 33.5 Å². The first-order valence-corrected chi connectivity index (χ1v) is 11.1. The van der Waals surface area contributed by atoms with Gasteiger partial charge in [-0.2, -0.15) is 10.5 Å². The van der Waals surface area contributed by atoms with Gasteiger partial charge in [-0.05, 0) is 29.3 Å². The molecular formula is C27H18BrN3O. The molecule has 3 aromatic carbocycles. The van der Waals surface area contributed by atoms with Crippen molar-refractivity contribution in [2.45, 2.75) is 18.0 Å². The van der Waals surface area contributed by atoms with Crippen molar-refractivity contribution in [1.82, 2.24) is 0 Å². The number of rotatable bonds is 3. The molecule has 0 radical (unpaired) electrons. The first-order chi connectivity index (χ1) is 15.6. The molecule has 2 aliphatic rings. The number of hydrogen-bond acceptors (Lipinski definition) is 4. The topological polar surface area (TPSA) is 67.9 Å². The third kappa shape index (κ3) is 2.83. The number of fused-ring (bicyclic) bond motifs is 3. The minimum atomic E-state index is -1.46. The summed E-state index contributed by atoms with van der Waals surface area (Å²) in [6.07, 6.45) is 3.87. The third-order valence-corrected chi connectivity index (χ3v) is 7.03. The van der Waals surface area contributed by atoms with Crippen LogP contribution in [0.2, 0.25) is 0 Å². The van der Waals surface area contributed by atoms with Crippen LogP contribution < -0.4 is 4.90 Å². The lowest BCUT2D eigenvalue weighted by Crippen LogP contribution is -2.45. The van der Waals surface area contributed by atoms with Crippen molar-refractivity contribution in [3.05, 3.63) is 106 Å². The lowest BCUT2D eigenvalue weighted by atomic mass is 9.65. The number of carbonyl (C=O) groups excluding carboxylic acids is 1. The zero-order chi connectivity index (χ0) is 22.3. The van der Waals surface area contributed by atoms with Crippen molar-refractivity contribution < 1.29 is 4.79 Å². The smallest absolute Gasteiger partial charge is 0.186 e. The molecule has 3 aromatic rings. The summed E-state index contributed by atoms with van der Waals surface area (Å²) in [6, 6.07) is 28.0. The molecule has 0 unspecified atom stereocenters. The zero-order valence-electron chi connectivity index (χ0n) is 17.0. The normalized spacial score (nSPS) is 25.3. The van der Waals surface area contributed by atoms with Crippen LogP contribution in [0.15, 0.2) is 89.4 Å². The fraction of sp³-hybridized carbons (Fsp3) is 0.148. The van der Waals surface area contributed by atoms with Crippen molar-refractivity contribution in [2.75, 3.05) is 4.90 Å². The maximum Gasteiger partial charge on any atom is 0.186 e. The molecule has 2 heterocycles. The van der Waals surface area contributed by atoms with Crippen LogP contribution in [0.25, 0.3) is 6.08 Å². The number of hydrogen-bond donors (Lipinski definition) is 0. The number of anilines is 1. The minimum Gasteiger partial charge on any atom is -0.346 e. The summed E-state index contributed by atoms with van der Waals surface area (Å²) in [5.41, 5.74) is 1.65. The molecule has 1 fully saturated rings. The zero-order valence-corrected chi connectivity index (χ0v) is 18.6. The van der Waals surface area contributed by atoms with Gasteiger partial charge in [0.2, 0.25) is 0 Å². The first kappa shape index (κ1) is 20.2. The van der Waals surface area contributed by atoms with E-state index in [1.54, 1.807) is 24.3 Å². The summed E-state index contributed by atoms with van der Waals surface area (Å²) < 4.78 is 0.856. The van der Waals surface area contributed by atoms with Gasteiger partial charge < -0.3 is 4.90 Å². The summed E-state index contributed by atoms with van der Waals surface area (Å²) in [6.45, 7) is 0. The number of halogens is 1. The molecule has 0 bridgehead atoms. The van der Waals surface area contributed by atoms with Crippen LogP contribution in [0.1, 0.15) is 27.4 Å². The van der Waals surface area contributed by atoms with Gasteiger partial charge in [0.05, 0.1) is 18.2 Å². The Morgan fingerprint density at radius 2 is 1.62 bits per heavy atom. The standard InChI is InChI=1S/C27H18BrN3O/c28-21-13-10-20(11-14-21)26(32)27(17-30)24-15-12-18-6-4-5-9-22(18)31(24)23(16-29)25(27)19-7-2-1-3-8-19/h1-15,23-25H/t23-,24-,25-,27+/m0/s1. The van der Waals surface area contributed by atoms with E-state index in [4.69, 9.17) is 0 Å². The molecule has 0 N–H and O–H groups in total. The molecule has 0 aliphatic carbocycles. The van der Waals surface area contributed by atoms with E-state index in [1.165, 1.54) is 0 Å². The lowest BCUT2D eigenvalue weighted by Gasteiger charge is -2.35. The predicted molar refractivity (Wildman–Crippen MR) is 127 cm³/mol. The van der Waals surface area contributed by atoms with Gasteiger partial charge in [0.1, 0.15) is 6.04 Å². The van der Waals surface area contributed by atoms with Gasteiger partial charge in [-0.15, -0.1) is 0 Å². The highest BCUT2D eigenvalue weighted by Gasteiger charge is 2.64. The van der Waals surface area contributed by atoms with E-state index >= 15 is 0 Å². The number of benzene rings is 3. The molecule has 0 saturated carbocycles. The molecule has 1 saturated heterocycles. The van der Waals surface area contributed by atoms with E-state index in [1.807, 2.05) is 71.6 Å². The second-order valence-corrected chi connectivity index (χ2v) is 8.96. The van der Waals surface area contributed by atoms with E-state index in [0.29, 0.717) is 5.56 Å². The van der Waals surface area contributed by atoms with Crippen molar-refractivity contribution in [3.8, 4) is 12.1 Å². The molecule has 0 amide bonds. The number of carbonyl (C=O) groups is 1. The molecule has 2 aliphatic heterocycles. The lowest BCUT2D eigenvalue weighted by molar-refractivity contribution is 0.0842. The molecule has 0 aromatic heterocycles. The Balaban J connectivity index is 1.78. The van der Waals surface area contributed by atoms with Crippen LogP contribution in [0, 0.1) is 28.1 Å². The first-order valence-electron chi connectivity index (χ1n) is 10.3. The Labute approximate surface area is 195 Å². The fourth-order valence-corrected chi connectivity index (χ4v) is 5.40. The largest absolute Gasteiger partial charge is 0.346 e. The van der Waals surface area contributed by atoms with Gasteiger partial charge in [-0.3, -0.25) is 4.79 Å². The van der Waals surface area contributed by atoms with Crippen LogP contribution in [-0.4, -0.2) is 17.9 Å². The maximum atomic E-state index is 14.1. The van der Waals surface area contributed by atoms with E-state index in [-0.39, 0.29) is 5.78 Å². The number of ketones is 1. The SMILES string of the molecule is N#C[C@H]1[C@H](c2ccccc2)[C@](C#N)(C(=O)c2ccc(Br)cc2)[C@@H]2C=Cc3ccccc3N21. The second-order valence-electron chi connectivity index (χ2n) is 8.05. The average molecular weight is 480 g/mol. The number of Topliss-reactive ketones (excluding diaryl/α,β-unsaturated/α-hetero) is 1. The fourth-order valence-electron chi connectivity index (χ4n) is 5.13.